The van der Waals surface area contributed by atoms with E-state index in [1.807, 2.05) is 6.08 Å². The number of nitrogens with one attached hydrogen (secondary N) is 1. The van der Waals surface area contributed by atoms with Crippen molar-refractivity contribution in [3.05, 3.63) is 85.1 Å². The van der Waals surface area contributed by atoms with Gasteiger partial charge in [-0.1, -0.05) is 305 Å². The Hall–Kier alpha value is -3.16. The number of unbranched alkanes of at least 4 members (excludes halogenated alkanes) is 36. The van der Waals surface area contributed by atoms with E-state index >= 15 is 0 Å². The van der Waals surface area contributed by atoms with E-state index in [1.165, 1.54) is 180 Å². The van der Waals surface area contributed by atoms with Gasteiger partial charge in [-0.2, -0.15) is 0 Å². The lowest BCUT2D eigenvalue weighted by molar-refractivity contribution is -0.305. The van der Waals surface area contributed by atoms with E-state index < -0.39 is 67.4 Å². The molecule has 0 aromatic rings. The molecule has 11 heteroatoms. The van der Waals surface area contributed by atoms with Crippen molar-refractivity contribution in [3.8, 4) is 0 Å². The van der Waals surface area contributed by atoms with Crippen molar-refractivity contribution in [3.63, 3.8) is 0 Å². The van der Waals surface area contributed by atoms with E-state index in [9.17, 15) is 35.1 Å². The maximum Gasteiger partial charge on any atom is 0.306 e. The molecule has 0 bridgehead atoms. The minimum absolute atomic E-state index is 0.117. The summed E-state index contributed by atoms with van der Waals surface area (Å²) < 4.78 is 17.7. The van der Waals surface area contributed by atoms with Crippen LogP contribution in [-0.4, -0.2) is 99.6 Å². The van der Waals surface area contributed by atoms with Gasteiger partial charge in [-0.25, -0.2) is 0 Å². The number of aliphatic hydroxyl groups excluding tert-OH is 5. The number of amides is 1. The van der Waals surface area contributed by atoms with Gasteiger partial charge in [0.15, 0.2) is 12.4 Å². The molecule has 1 aliphatic rings. The van der Waals surface area contributed by atoms with Crippen molar-refractivity contribution < 1.29 is 49.3 Å². The molecule has 0 aromatic heterocycles. The topological polar surface area (TPSA) is 175 Å². The van der Waals surface area contributed by atoms with Crippen molar-refractivity contribution in [2.75, 3.05) is 13.2 Å². The second-order valence-electron chi connectivity index (χ2n) is 24.9. The summed E-state index contributed by atoms with van der Waals surface area (Å²) >= 11 is 0. The largest absolute Gasteiger partial charge is 0.454 e. The molecule has 0 spiro atoms. The Bertz CT molecular complexity index is 1740. The van der Waals surface area contributed by atoms with Crippen LogP contribution in [0.3, 0.4) is 0 Å². The van der Waals surface area contributed by atoms with Crippen LogP contribution in [0, 0.1) is 0 Å². The number of hydrogen-bond acceptors (Lipinski definition) is 10. The van der Waals surface area contributed by atoms with Crippen molar-refractivity contribution in [1.82, 2.24) is 5.32 Å². The molecule has 87 heavy (non-hydrogen) atoms. The van der Waals surface area contributed by atoms with Crippen molar-refractivity contribution in [2.24, 2.45) is 0 Å². The molecule has 8 atom stereocenters. The fourth-order valence-corrected chi connectivity index (χ4v) is 11.1. The Morgan fingerprint density at radius 3 is 1.25 bits per heavy atom. The Morgan fingerprint density at radius 2 is 0.828 bits per heavy atom. The van der Waals surface area contributed by atoms with Gasteiger partial charge >= 0.3 is 5.97 Å². The molecule has 0 radical (unpaired) electrons. The summed E-state index contributed by atoms with van der Waals surface area (Å²) in [6, 6.07) is -1.03. The highest BCUT2D eigenvalue weighted by atomic mass is 16.7. The molecule has 0 aromatic carbocycles. The van der Waals surface area contributed by atoms with Crippen LogP contribution in [0.4, 0.5) is 0 Å². The Labute approximate surface area is 533 Å². The van der Waals surface area contributed by atoms with Gasteiger partial charge in [0.2, 0.25) is 5.91 Å². The summed E-state index contributed by atoms with van der Waals surface area (Å²) in [4.78, 5) is 26.7. The summed E-state index contributed by atoms with van der Waals surface area (Å²) in [5.74, 6) is -1.19. The van der Waals surface area contributed by atoms with Crippen LogP contribution in [0.1, 0.15) is 323 Å². The molecule has 0 saturated carbocycles. The van der Waals surface area contributed by atoms with Gasteiger partial charge in [0.05, 0.1) is 25.4 Å². The van der Waals surface area contributed by atoms with E-state index in [1.54, 1.807) is 6.08 Å². The molecular weight excluding hydrogens is 1090 g/mol. The number of carbonyl (C=O) groups is 2. The van der Waals surface area contributed by atoms with Crippen LogP contribution in [0.2, 0.25) is 0 Å². The third-order valence-electron chi connectivity index (χ3n) is 16.8. The minimum atomic E-state index is -1.62. The Morgan fingerprint density at radius 1 is 0.460 bits per heavy atom. The smallest absolute Gasteiger partial charge is 0.306 e. The highest BCUT2D eigenvalue weighted by Crippen LogP contribution is 2.26. The highest BCUT2D eigenvalue weighted by molar-refractivity contribution is 5.80. The fraction of sp³-hybridized carbons (Fsp3) is 0.789. The lowest BCUT2D eigenvalue weighted by Crippen LogP contribution is -2.61. The average Bonchev–Trinajstić information content (AvgIpc) is 2.93. The molecule has 1 saturated heterocycles. The predicted octanol–water partition coefficient (Wildman–Crippen LogP) is 18.8. The van der Waals surface area contributed by atoms with Gasteiger partial charge in [0.1, 0.15) is 24.4 Å². The van der Waals surface area contributed by atoms with Crippen molar-refractivity contribution in [1.29, 1.82) is 0 Å². The maximum atomic E-state index is 13.5. The fourth-order valence-electron chi connectivity index (χ4n) is 11.1. The number of esters is 1. The molecule has 1 amide bonds. The van der Waals surface area contributed by atoms with Crippen molar-refractivity contribution >= 4 is 11.9 Å². The van der Waals surface area contributed by atoms with Gasteiger partial charge in [-0.15, -0.1) is 0 Å². The van der Waals surface area contributed by atoms with E-state index in [-0.39, 0.29) is 19.4 Å². The highest BCUT2D eigenvalue weighted by Gasteiger charge is 2.47. The zero-order chi connectivity index (χ0) is 63.1. The number of ether oxygens (including phenoxy) is 3. The van der Waals surface area contributed by atoms with Crippen LogP contribution >= 0.6 is 0 Å². The molecule has 1 fully saturated rings. The summed E-state index contributed by atoms with van der Waals surface area (Å²) in [5, 5.41) is 57.2. The number of carbonyl (C=O) groups excluding carboxylic acids is 2. The zero-order valence-corrected chi connectivity index (χ0v) is 56.1. The monoisotopic (exact) mass is 1220 g/mol. The van der Waals surface area contributed by atoms with Crippen molar-refractivity contribution in [2.45, 2.75) is 372 Å². The van der Waals surface area contributed by atoms with Crippen LogP contribution < -0.4 is 5.32 Å². The number of hydrogen-bond donors (Lipinski definition) is 6. The second-order valence-corrected chi connectivity index (χ2v) is 24.9. The number of rotatable bonds is 62. The first-order chi connectivity index (χ1) is 42.7. The molecule has 1 heterocycles. The molecule has 0 aliphatic carbocycles. The SMILES string of the molecule is CC/C=C\C/C=C\C/C=C\C/C=C\C/C=C\CCCCCCCCCCCCCC(=O)OC1C(OCC(NC(=O)C(O)CCCCCCCCCCCC/C=C/CCCCCCCC)C(O)/C=C/CCCCCCCCCCC)OC(CO)C(O)C1O. The van der Waals surface area contributed by atoms with Crippen LogP contribution in [0.5, 0.6) is 0 Å². The summed E-state index contributed by atoms with van der Waals surface area (Å²) in [6.45, 7) is 5.70. The van der Waals surface area contributed by atoms with Gasteiger partial charge in [-0.05, 0) is 96.3 Å². The van der Waals surface area contributed by atoms with Gasteiger partial charge in [0.25, 0.3) is 0 Å². The van der Waals surface area contributed by atoms with E-state index in [4.69, 9.17) is 14.2 Å². The maximum absolute atomic E-state index is 13.5. The molecule has 11 nitrogen and oxygen atoms in total. The summed E-state index contributed by atoms with van der Waals surface area (Å²) in [6.07, 6.45) is 73.4. The molecule has 8 unspecified atom stereocenters. The Kier molecular flexibility index (Phi) is 59.3. The number of aliphatic hydroxyl groups is 5. The van der Waals surface area contributed by atoms with Gasteiger partial charge < -0.3 is 45.1 Å². The third-order valence-corrected chi connectivity index (χ3v) is 16.8. The van der Waals surface area contributed by atoms with Crippen LogP contribution in [0.15, 0.2) is 85.1 Å². The number of allylic oxidation sites excluding steroid dienone is 13. The minimum Gasteiger partial charge on any atom is -0.454 e. The first kappa shape index (κ1) is 81.9. The van der Waals surface area contributed by atoms with E-state index in [0.29, 0.717) is 12.8 Å². The lowest BCUT2D eigenvalue weighted by atomic mass is 9.99. The first-order valence-electron chi connectivity index (χ1n) is 36.4. The molecule has 6 N–H and O–H groups in total. The van der Waals surface area contributed by atoms with E-state index in [2.05, 4.69) is 99.0 Å². The third kappa shape index (κ3) is 50.2. The molecule has 1 rings (SSSR count). The predicted molar refractivity (Wildman–Crippen MR) is 366 cm³/mol. The van der Waals surface area contributed by atoms with E-state index in [0.717, 1.165) is 96.3 Å². The average molecular weight is 1220 g/mol. The van der Waals surface area contributed by atoms with Crippen LogP contribution in [-0.2, 0) is 23.8 Å². The quantitative estimate of drug-likeness (QED) is 0.0195. The lowest BCUT2D eigenvalue weighted by Gasteiger charge is -2.41. The van der Waals surface area contributed by atoms with Gasteiger partial charge in [-0.3, -0.25) is 9.59 Å². The van der Waals surface area contributed by atoms with Crippen LogP contribution in [0.25, 0.3) is 0 Å². The first-order valence-corrected chi connectivity index (χ1v) is 36.4. The molecular formula is C76H135NO10. The second kappa shape index (κ2) is 63.0. The zero-order valence-electron chi connectivity index (χ0n) is 56.1. The molecule has 504 valence electrons. The summed E-state index contributed by atoms with van der Waals surface area (Å²) in [5.41, 5.74) is 0. The normalized spacial score (nSPS) is 18.7. The standard InChI is InChI=1S/C76H135NO10/c1-4-7-10-13-16-19-22-24-26-28-30-32-33-34-35-36-37-38-40-42-44-46-49-52-55-58-61-64-71(81)87-74-73(83)72(82)70(65-78)86-76(74)85-66-67(68(79)62-59-56-53-50-47-21-18-15-12-9-6-3)77-75(84)69(80)63-60-57-54-51-48-45-43-41-39-31-29-27-25-23-20-17-14-11-8-5-2/h7,10,16,19,24-27,30,32,34-35,59,62,67-70,72-74,76,78-80,82-83H,4-6,8-9,11-15,17-18,20-23,28-29,31,33,36-58,60-61,63-66H2,1-3H3,(H,77,84)/b10-7-,19-16-,26-24-,27-25+,32-30-,35-34-,62-59+. The van der Waals surface area contributed by atoms with Gasteiger partial charge in [0, 0.05) is 6.42 Å². The Balaban J connectivity index is 2.53. The molecule has 1 aliphatic heterocycles. The summed E-state index contributed by atoms with van der Waals surface area (Å²) in [7, 11) is 0.